The van der Waals surface area contributed by atoms with Gasteiger partial charge in [-0.05, 0) is 62.7 Å². The number of halogens is 1. The second-order valence-electron chi connectivity index (χ2n) is 13.2. The summed E-state index contributed by atoms with van der Waals surface area (Å²) < 4.78 is 35.1. The molecule has 1 atom stereocenters. The Balaban J connectivity index is 0.856. The Morgan fingerprint density at radius 3 is 2.00 bits per heavy atom. The van der Waals surface area contributed by atoms with Crippen LogP contribution in [0, 0.1) is 32.6 Å². The number of nitrogens with two attached hydrogens (primary N) is 1. The third-order valence-electron chi connectivity index (χ3n) is 8.90. The van der Waals surface area contributed by atoms with Crippen LogP contribution in [-0.2, 0) is 38.0 Å². The van der Waals surface area contributed by atoms with E-state index < -0.39 is 6.04 Å². The Morgan fingerprint density at radius 1 is 0.797 bits per heavy atom. The average molecular weight is 850 g/mol. The quantitative estimate of drug-likeness (QED) is 0.0674. The van der Waals surface area contributed by atoms with Gasteiger partial charge in [0.2, 0.25) is 11.8 Å². The minimum atomic E-state index is -0.539. The Bertz CT molecular complexity index is 2040. The number of aromatic nitrogens is 3. The molecule has 4 N–H and O–H groups in total. The highest BCUT2D eigenvalue weighted by atomic mass is 35.5. The third-order valence-corrected chi connectivity index (χ3v) is 10.3. The maximum Gasteiger partial charge on any atom is 0.250 e. The maximum atomic E-state index is 13.1. The highest BCUT2D eigenvalue weighted by Crippen LogP contribution is 2.39. The molecule has 1 aliphatic heterocycles. The Morgan fingerprint density at radius 2 is 1.39 bits per heavy atom. The van der Waals surface area contributed by atoms with Crippen LogP contribution in [0.25, 0.3) is 5.00 Å². The van der Waals surface area contributed by atoms with Gasteiger partial charge < -0.3 is 44.8 Å². The zero-order chi connectivity index (χ0) is 41.8. The molecule has 4 aromatic rings. The van der Waals surface area contributed by atoms with Gasteiger partial charge in [-0.1, -0.05) is 35.6 Å². The molecule has 17 heteroatoms. The molecule has 0 radical (unpaired) electrons. The number of aryl methyl sites for hydroxylation is 2. The third kappa shape index (κ3) is 14.3. The Labute approximate surface area is 353 Å². The van der Waals surface area contributed by atoms with E-state index in [2.05, 4.69) is 46.5 Å². The van der Waals surface area contributed by atoms with Gasteiger partial charge in [0.1, 0.15) is 23.5 Å². The van der Waals surface area contributed by atoms with Crippen molar-refractivity contribution >= 4 is 46.2 Å². The Hall–Kier alpha value is -4.54. The van der Waals surface area contributed by atoms with E-state index in [9.17, 15) is 9.59 Å². The summed E-state index contributed by atoms with van der Waals surface area (Å²) in [5.41, 5.74) is 10.7. The fourth-order valence-electron chi connectivity index (χ4n) is 5.89. The molecule has 2 aromatic heterocycles. The molecule has 2 aromatic carbocycles. The van der Waals surface area contributed by atoms with Gasteiger partial charge in [-0.2, -0.15) is 0 Å². The lowest BCUT2D eigenvalue weighted by molar-refractivity contribution is -0.122. The lowest BCUT2D eigenvalue weighted by Gasteiger charge is -2.13. The maximum absolute atomic E-state index is 13.1. The van der Waals surface area contributed by atoms with Crippen molar-refractivity contribution in [2.45, 2.75) is 33.2 Å². The topological polar surface area (TPSA) is 183 Å². The molecule has 0 fully saturated rings. The predicted octanol–water partition coefficient (Wildman–Crippen LogP) is 4.35. The lowest BCUT2D eigenvalue weighted by Crippen LogP contribution is -2.29. The molecule has 3 heterocycles. The SMILES string of the molecule is Cc1sc2c(c1C)C(c1ccc(Cl)cc1)=N[C@@H](CC(=O)NCCOCCOCCOCCOCCOCCOCC(=O)Nc1ccc(C#CCN)cc1)c1nnc(C)n1-2. The molecule has 316 valence electrons. The first-order valence-electron chi connectivity index (χ1n) is 19.4. The molecular formula is C42H52ClN7O8S. The Kier molecular flexibility index (Phi) is 18.9. The van der Waals surface area contributed by atoms with E-state index in [0.29, 0.717) is 102 Å². The van der Waals surface area contributed by atoms with Gasteiger partial charge >= 0.3 is 0 Å². The van der Waals surface area contributed by atoms with Crippen LogP contribution in [0.15, 0.2) is 53.5 Å². The highest BCUT2D eigenvalue weighted by molar-refractivity contribution is 7.15. The molecule has 1 aliphatic rings. The van der Waals surface area contributed by atoms with E-state index in [1.54, 1.807) is 23.5 Å². The van der Waals surface area contributed by atoms with E-state index in [-0.39, 0.29) is 24.8 Å². The number of carbonyl (C=O) groups excluding carboxylic acids is 2. The molecule has 5 rings (SSSR count). The monoisotopic (exact) mass is 849 g/mol. The second-order valence-corrected chi connectivity index (χ2v) is 14.8. The zero-order valence-corrected chi connectivity index (χ0v) is 35.3. The number of fused-ring (bicyclic) bond motifs is 3. The largest absolute Gasteiger partial charge is 0.377 e. The molecule has 59 heavy (non-hydrogen) atoms. The minimum absolute atomic E-state index is 0.0711. The van der Waals surface area contributed by atoms with Crippen molar-refractivity contribution < 1.29 is 38.0 Å². The molecule has 0 saturated heterocycles. The van der Waals surface area contributed by atoms with Gasteiger partial charge in [-0.3, -0.25) is 19.1 Å². The molecular weight excluding hydrogens is 798 g/mol. The number of amides is 2. The first-order valence-corrected chi connectivity index (χ1v) is 20.6. The van der Waals surface area contributed by atoms with Crippen LogP contribution >= 0.6 is 22.9 Å². The summed E-state index contributed by atoms with van der Waals surface area (Å²) in [4.78, 5) is 31.5. The van der Waals surface area contributed by atoms with Gasteiger partial charge in [-0.25, -0.2) is 0 Å². The number of rotatable bonds is 24. The summed E-state index contributed by atoms with van der Waals surface area (Å²) in [5, 5.41) is 16.2. The molecule has 15 nitrogen and oxygen atoms in total. The first-order chi connectivity index (χ1) is 28.7. The molecule has 0 spiro atoms. The smallest absolute Gasteiger partial charge is 0.250 e. The fraction of sp³-hybridized carbons (Fsp3) is 0.452. The number of hydrogen-bond acceptors (Lipinski definition) is 13. The van der Waals surface area contributed by atoms with E-state index >= 15 is 0 Å². The number of aliphatic imine (C=N–C) groups is 1. The standard InChI is InChI=1S/C42H52ClN7O8S/c1-29-30(2)59-42-39(29)40(33-8-10-34(43)11-9-33)47-36(41-49-48-31(3)50(41)42)27-37(51)45-15-16-53-17-18-54-19-20-55-21-22-56-23-24-57-25-26-58-28-38(52)46-35-12-6-32(7-13-35)5-4-14-44/h6-13,36H,14-28,44H2,1-3H3,(H,45,51)(H,46,52)/t36-/m0/s1. The van der Waals surface area contributed by atoms with E-state index in [1.165, 1.54) is 4.88 Å². The summed E-state index contributed by atoms with van der Waals surface area (Å²) in [6.45, 7) is 11.0. The number of nitrogens with zero attached hydrogens (tertiary/aromatic N) is 4. The van der Waals surface area contributed by atoms with Crippen molar-refractivity contribution in [3.05, 3.63) is 92.3 Å². The molecule has 2 amide bonds. The van der Waals surface area contributed by atoms with Crippen molar-refractivity contribution in [3.63, 3.8) is 0 Å². The van der Waals surface area contributed by atoms with Crippen LogP contribution in [0.1, 0.15) is 51.2 Å². The summed E-state index contributed by atoms with van der Waals surface area (Å²) >= 11 is 7.88. The summed E-state index contributed by atoms with van der Waals surface area (Å²) in [6.07, 6.45) is 0.105. The van der Waals surface area contributed by atoms with E-state index in [4.69, 9.17) is 50.7 Å². The van der Waals surface area contributed by atoms with Crippen LogP contribution in [-0.4, -0.2) is 125 Å². The van der Waals surface area contributed by atoms with E-state index in [1.807, 2.05) is 47.9 Å². The normalized spacial score (nSPS) is 13.2. The lowest BCUT2D eigenvalue weighted by atomic mass is 9.99. The van der Waals surface area contributed by atoms with Gasteiger partial charge in [0.15, 0.2) is 5.82 Å². The fourth-order valence-corrected chi connectivity index (χ4v) is 7.23. The highest BCUT2D eigenvalue weighted by Gasteiger charge is 2.32. The number of nitrogens with one attached hydrogen (secondary N) is 2. The summed E-state index contributed by atoms with van der Waals surface area (Å²) in [5.74, 6) is 6.67. The number of hydrogen-bond donors (Lipinski definition) is 3. The summed E-state index contributed by atoms with van der Waals surface area (Å²) in [6, 6.07) is 14.2. The molecule has 0 bridgehead atoms. The van der Waals surface area contributed by atoms with Crippen LogP contribution in [0.3, 0.4) is 0 Å². The van der Waals surface area contributed by atoms with Crippen LogP contribution in [0.2, 0.25) is 5.02 Å². The van der Waals surface area contributed by atoms with Gasteiger partial charge in [0.05, 0.1) is 91.4 Å². The predicted molar refractivity (Wildman–Crippen MR) is 227 cm³/mol. The van der Waals surface area contributed by atoms with E-state index in [0.717, 1.165) is 38.8 Å². The van der Waals surface area contributed by atoms with Gasteiger partial charge in [0, 0.05) is 38.8 Å². The number of ether oxygens (including phenoxy) is 6. The summed E-state index contributed by atoms with van der Waals surface area (Å²) in [7, 11) is 0. The second kappa shape index (κ2) is 24.5. The van der Waals surface area contributed by atoms with Crippen molar-refractivity contribution in [2.24, 2.45) is 10.7 Å². The zero-order valence-electron chi connectivity index (χ0n) is 33.7. The molecule has 0 unspecified atom stereocenters. The number of benzene rings is 2. The number of thiophene rings is 1. The average Bonchev–Trinajstić information content (AvgIpc) is 3.71. The van der Waals surface area contributed by atoms with Crippen molar-refractivity contribution in [2.75, 3.05) is 97.7 Å². The molecule has 0 aliphatic carbocycles. The van der Waals surface area contributed by atoms with Crippen molar-refractivity contribution in [1.29, 1.82) is 0 Å². The van der Waals surface area contributed by atoms with Crippen molar-refractivity contribution in [1.82, 2.24) is 20.1 Å². The van der Waals surface area contributed by atoms with Crippen molar-refractivity contribution in [3.8, 4) is 16.8 Å². The van der Waals surface area contributed by atoms with Gasteiger partial charge in [-0.15, -0.1) is 21.5 Å². The van der Waals surface area contributed by atoms with Gasteiger partial charge in [0.25, 0.3) is 0 Å². The molecule has 0 saturated carbocycles. The number of carbonyl (C=O) groups is 2. The van der Waals surface area contributed by atoms with Crippen LogP contribution < -0.4 is 16.4 Å². The number of anilines is 1. The first kappa shape index (κ1) is 45.5. The minimum Gasteiger partial charge on any atom is -0.377 e. The van der Waals surface area contributed by atoms with Crippen LogP contribution in [0.5, 0.6) is 0 Å². The van der Waals surface area contributed by atoms with Crippen LogP contribution in [0.4, 0.5) is 5.69 Å².